The van der Waals surface area contributed by atoms with Crippen LogP contribution in [0.15, 0.2) is 11.3 Å². The van der Waals surface area contributed by atoms with Gasteiger partial charge in [0.1, 0.15) is 0 Å². The van der Waals surface area contributed by atoms with Gasteiger partial charge in [-0.05, 0) is 20.8 Å². The molecule has 0 aliphatic heterocycles. The third-order valence-electron chi connectivity index (χ3n) is 1.66. The van der Waals surface area contributed by atoms with Crippen LogP contribution in [0.3, 0.4) is 0 Å². The van der Waals surface area contributed by atoms with Crippen molar-refractivity contribution in [3.8, 4) is 0 Å². The normalized spacial score (nSPS) is 9.28. The van der Waals surface area contributed by atoms with Crippen molar-refractivity contribution in [3.05, 3.63) is 11.3 Å². The van der Waals surface area contributed by atoms with Crippen LogP contribution in [0.4, 0.5) is 0 Å². The SMILES string of the molecule is CCOC(=O)C(O)=C(C(=O)OCC)C(=O)OCC. The Bertz CT molecular complexity index is 336. The highest BCUT2D eigenvalue weighted by molar-refractivity contribution is 6.18. The van der Waals surface area contributed by atoms with Crippen molar-refractivity contribution in [2.45, 2.75) is 20.8 Å². The minimum absolute atomic E-state index is 0.0121. The Hall–Kier alpha value is -2.05. The summed E-state index contributed by atoms with van der Waals surface area (Å²) in [4.78, 5) is 34.2. The zero-order valence-corrected chi connectivity index (χ0v) is 10.5. The number of carbonyl (C=O) groups excluding carboxylic acids is 3. The molecule has 0 saturated carbocycles. The second-order valence-corrected chi connectivity index (χ2v) is 2.89. The fourth-order valence-corrected chi connectivity index (χ4v) is 0.985. The Balaban J connectivity index is 5.29. The molecule has 1 N–H and O–H groups in total. The highest BCUT2D eigenvalue weighted by Gasteiger charge is 2.30. The maximum Gasteiger partial charge on any atom is 0.374 e. The first kappa shape index (κ1) is 16.0. The number of aliphatic hydroxyl groups is 1. The molecule has 0 atom stereocenters. The molecule has 0 bridgehead atoms. The third kappa shape index (κ3) is 4.44. The number of ether oxygens (including phenoxy) is 3. The maximum atomic E-state index is 11.5. The third-order valence-corrected chi connectivity index (χ3v) is 1.66. The van der Waals surface area contributed by atoms with E-state index in [4.69, 9.17) is 0 Å². The summed E-state index contributed by atoms with van der Waals surface area (Å²) in [6.45, 7) is 4.50. The lowest BCUT2D eigenvalue weighted by molar-refractivity contribution is -0.150. The largest absolute Gasteiger partial charge is 0.501 e. The van der Waals surface area contributed by atoms with Gasteiger partial charge in [0.05, 0.1) is 19.8 Å². The molecule has 0 heterocycles. The predicted octanol–water partition coefficient (Wildman–Crippen LogP) is 0.488. The second kappa shape index (κ2) is 8.10. The highest BCUT2D eigenvalue weighted by atomic mass is 16.6. The van der Waals surface area contributed by atoms with Crippen LogP contribution >= 0.6 is 0 Å². The molecule has 0 aromatic carbocycles. The first-order valence-electron chi connectivity index (χ1n) is 5.44. The average molecular weight is 260 g/mol. The van der Waals surface area contributed by atoms with Crippen LogP contribution in [0.1, 0.15) is 20.8 Å². The van der Waals surface area contributed by atoms with E-state index in [1.165, 1.54) is 20.8 Å². The smallest absolute Gasteiger partial charge is 0.374 e. The number of esters is 3. The van der Waals surface area contributed by atoms with Gasteiger partial charge in [0.25, 0.3) is 0 Å². The maximum absolute atomic E-state index is 11.5. The fraction of sp³-hybridized carbons (Fsp3) is 0.545. The molecule has 0 aromatic heterocycles. The van der Waals surface area contributed by atoms with E-state index < -0.39 is 29.2 Å². The van der Waals surface area contributed by atoms with E-state index in [1.807, 2.05) is 0 Å². The van der Waals surface area contributed by atoms with Crippen LogP contribution in [-0.4, -0.2) is 42.8 Å². The zero-order valence-electron chi connectivity index (χ0n) is 10.5. The molecule has 0 saturated heterocycles. The molecule has 0 aromatic rings. The number of carbonyl (C=O) groups is 3. The molecule has 0 spiro atoms. The topological polar surface area (TPSA) is 99.1 Å². The molecule has 0 aliphatic carbocycles. The van der Waals surface area contributed by atoms with Crippen molar-refractivity contribution < 1.29 is 33.7 Å². The average Bonchev–Trinajstić information content (AvgIpc) is 2.30. The van der Waals surface area contributed by atoms with Gasteiger partial charge in [-0.3, -0.25) is 0 Å². The van der Waals surface area contributed by atoms with Crippen molar-refractivity contribution in [2.75, 3.05) is 19.8 Å². The molecule has 0 fully saturated rings. The predicted molar refractivity (Wildman–Crippen MR) is 59.6 cm³/mol. The number of rotatable bonds is 6. The highest BCUT2D eigenvalue weighted by Crippen LogP contribution is 2.09. The molecule has 0 aliphatic rings. The molecule has 18 heavy (non-hydrogen) atoms. The summed E-state index contributed by atoms with van der Waals surface area (Å²) < 4.78 is 13.6. The van der Waals surface area contributed by atoms with Crippen LogP contribution in [-0.2, 0) is 28.6 Å². The first-order chi connectivity index (χ1) is 8.49. The van der Waals surface area contributed by atoms with Gasteiger partial charge in [0.2, 0.25) is 5.76 Å². The van der Waals surface area contributed by atoms with E-state index in [-0.39, 0.29) is 19.8 Å². The standard InChI is InChI=1S/C11H16O7/c1-4-16-9(13)7(10(14)17-5-2)8(12)11(15)18-6-3/h12H,4-6H2,1-3H3. The minimum Gasteiger partial charge on any atom is -0.501 e. The molecule has 7 heteroatoms. The lowest BCUT2D eigenvalue weighted by Crippen LogP contribution is -2.24. The number of hydrogen-bond donors (Lipinski definition) is 1. The van der Waals surface area contributed by atoms with Crippen molar-refractivity contribution in [1.82, 2.24) is 0 Å². The van der Waals surface area contributed by atoms with Gasteiger partial charge in [0.15, 0.2) is 5.57 Å². The Kier molecular flexibility index (Phi) is 7.18. The van der Waals surface area contributed by atoms with Crippen molar-refractivity contribution in [1.29, 1.82) is 0 Å². The van der Waals surface area contributed by atoms with E-state index in [2.05, 4.69) is 14.2 Å². The van der Waals surface area contributed by atoms with Crippen LogP contribution in [0.2, 0.25) is 0 Å². The van der Waals surface area contributed by atoms with Gasteiger partial charge in [-0.2, -0.15) is 0 Å². The first-order valence-corrected chi connectivity index (χ1v) is 5.44. The number of hydrogen-bond acceptors (Lipinski definition) is 7. The Morgan fingerprint density at radius 2 is 1.11 bits per heavy atom. The van der Waals surface area contributed by atoms with Gasteiger partial charge in [0, 0.05) is 0 Å². The zero-order chi connectivity index (χ0) is 14.1. The fourth-order valence-electron chi connectivity index (χ4n) is 0.985. The Morgan fingerprint density at radius 3 is 1.44 bits per heavy atom. The van der Waals surface area contributed by atoms with Crippen LogP contribution in [0.5, 0.6) is 0 Å². The molecule has 0 radical (unpaired) electrons. The summed E-state index contributed by atoms with van der Waals surface area (Å²) in [5.41, 5.74) is -0.864. The summed E-state index contributed by atoms with van der Waals surface area (Å²) >= 11 is 0. The van der Waals surface area contributed by atoms with Gasteiger partial charge >= 0.3 is 17.9 Å². The van der Waals surface area contributed by atoms with E-state index in [1.54, 1.807) is 0 Å². The lowest BCUT2D eigenvalue weighted by atomic mass is 10.2. The Morgan fingerprint density at radius 1 is 0.778 bits per heavy atom. The second-order valence-electron chi connectivity index (χ2n) is 2.89. The lowest BCUT2D eigenvalue weighted by Gasteiger charge is -2.08. The quantitative estimate of drug-likeness (QED) is 0.185. The number of aliphatic hydroxyl groups excluding tert-OH is 1. The molecule has 7 nitrogen and oxygen atoms in total. The summed E-state index contributed by atoms with van der Waals surface area (Å²) in [5.74, 6) is -4.58. The molecule has 0 unspecified atom stereocenters. The minimum atomic E-state index is -1.19. The van der Waals surface area contributed by atoms with Gasteiger partial charge < -0.3 is 19.3 Å². The Labute approximate surface area is 104 Å². The molecule has 0 amide bonds. The summed E-state index contributed by atoms with van der Waals surface area (Å²) in [5, 5.41) is 9.51. The van der Waals surface area contributed by atoms with Gasteiger partial charge in [-0.1, -0.05) is 0 Å². The van der Waals surface area contributed by atoms with E-state index in [0.717, 1.165) is 0 Å². The molecular formula is C11H16O7. The van der Waals surface area contributed by atoms with Crippen LogP contribution < -0.4 is 0 Å². The van der Waals surface area contributed by atoms with E-state index in [0.29, 0.717) is 0 Å². The summed E-state index contributed by atoms with van der Waals surface area (Å²) in [6, 6.07) is 0. The van der Waals surface area contributed by atoms with Crippen molar-refractivity contribution in [2.24, 2.45) is 0 Å². The summed E-state index contributed by atoms with van der Waals surface area (Å²) in [6.07, 6.45) is 0. The van der Waals surface area contributed by atoms with Crippen molar-refractivity contribution in [3.63, 3.8) is 0 Å². The summed E-state index contributed by atoms with van der Waals surface area (Å²) in [7, 11) is 0. The van der Waals surface area contributed by atoms with Crippen LogP contribution in [0.25, 0.3) is 0 Å². The molecule has 102 valence electrons. The van der Waals surface area contributed by atoms with Crippen LogP contribution in [0, 0.1) is 0 Å². The van der Waals surface area contributed by atoms with Gasteiger partial charge in [-0.15, -0.1) is 0 Å². The van der Waals surface area contributed by atoms with E-state index >= 15 is 0 Å². The van der Waals surface area contributed by atoms with Gasteiger partial charge in [-0.25, -0.2) is 14.4 Å². The van der Waals surface area contributed by atoms with E-state index in [9.17, 15) is 19.5 Å². The monoisotopic (exact) mass is 260 g/mol. The molecule has 0 rings (SSSR count). The van der Waals surface area contributed by atoms with Crippen molar-refractivity contribution >= 4 is 17.9 Å². The molecular weight excluding hydrogens is 244 g/mol.